The average Bonchev–Trinajstić information content (AvgIpc) is 2.16. The van der Waals surface area contributed by atoms with Crippen LogP contribution in [0.1, 0.15) is 46.0 Å². The van der Waals surface area contributed by atoms with Gasteiger partial charge in [-0.05, 0) is 32.2 Å². The van der Waals surface area contributed by atoms with Gasteiger partial charge in [0.1, 0.15) is 0 Å². The lowest BCUT2D eigenvalue weighted by molar-refractivity contribution is -0.00304. The summed E-state index contributed by atoms with van der Waals surface area (Å²) in [7, 11) is 0. The van der Waals surface area contributed by atoms with Gasteiger partial charge in [0.25, 0.3) is 0 Å². The van der Waals surface area contributed by atoms with Crippen molar-refractivity contribution in [1.82, 2.24) is 5.32 Å². The maximum atomic E-state index is 5.69. The van der Waals surface area contributed by atoms with E-state index >= 15 is 0 Å². The minimum Gasteiger partial charge on any atom is -0.378 e. The van der Waals surface area contributed by atoms with Crippen molar-refractivity contribution in [1.29, 1.82) is 0 Å². The van der Waals surface area contributed by atoms with Crippen LogP contribution in [-0.2, 0) is 4.74 Å². The van der Waals surface area contributed by atoms with Crippen LogP contribution >= 0.6 is 0 Å². The van der Waals surface area contributed by atoms with E-state index < -0.39 is 0 Å². The fourth-order valence-corrected chi connectivity index (χ4v) is 1.94. The van der Waals surface area contributed by atoms with E-state index in [-0.39, 0.29) is 0 Å². The Morgan fingerprint density at radius 1 is 1.31 bits per heavy atom. The lowest BCUT2D eigenvalue weighted by Crippen LogP contribution is -2.39. The highest BCUT2D eigenvalue weighted by atomic mass is 16.5. The Hall–Kier alpha value is -0.0800. The summed E-state index contributed by atoms with van der Waals surface area (Å²) in [6.07, 6.45) is 6.63. The van der Waals surface area contributed by atoms with Gasteiger partial charge in [0.15, 0.2) is 0 Å². The maximum absolute atomic E-state index is 5.69. The molecular weight excluding hydrogens is 162 g/mol. The molecule has 1 aliphatic rings. The first-order valence-corrected chi connectivity index (χ1v) is 5.71. The van der Waals surface area contributed by atoms with Gasteiger partial charge in [-0.15, -0.1) is 0 Å². The van der Waals surface area contributed by atoms with E-state index in [1.54, 1.807) is 0 Å². The molecule has 0 amide bonds. The van der Waals surface area contributed by atoms with Crippen molar-refractivity contribution in [3.8, 4) is 0 Å². The molecule has 0 spiro atoms. The highest BCUT2D eigenvalue weighted by Gasteiger charge is 2.20. The molecule has 2 nitrogen and oxygen atoms in total. The van der Waals surface area contributed by atoms with Crippen molar-refractivity contribution in [2.75, 3.05) is 13.2 Å². The third kappa shape index (κ3) is 4.10. The molecule has 0 aromatic carbocycles. The Kier molecular flexibility index (Phi) is 5.40. The maximum Gasteiger partial charge on any atom is 0.0589 e. The van der Waals surface area contributed by atoms with E-state index in [9.17, 15) is 0 Å². The SMILES string of the molecule is CCCNC1CCOC(CCC)C1. The Balaban J connectivity index is 2.16. The average molecular weight is 185 g/mol. The van der Waals surface area contributed by atoms with Crippen LogP contribution in [0.4, 0.5) is 0 Å². The lowest BCUT2D eigenvalue weighted by atomic mass is 10.00. The predicted molar refractivity (Wildman–Crippen MR) is 56.0 cm³/mol. The normalized spacial score (nSPS) is 29.1. The standard InChI is InChI=1S/C11H23NO/c1-3-5-11-9-10(6-8-13-11)12-7-4-2/h10-12H,3-9H2,1-2H3. The molecule has 0 aliphatic carbocycles. The van der Waals surface area contributed by atoms with Gasteiger partial charge in [-0.1, -0.05) is 20.3 Å². The van der Waals surface area contributed by atoms with Crippen LogP contribution in [0, 0.1) is 0 Å². The van der Waals surface area contributed by atoms with E-state index in [1.165, 1.54) is 32.1 Å². The number of hydrogen-bond acceptors (Lipinski definition) is 2. The molecule has 0 bridgehead atoms. The summed E-state index contributed by atoms with van der Waals surface area (Å²) in [6, 6.07) is 0.713. The van der Waals surface area contributed by atoms with Crippen LogP contribution in [-0.4, -0.2) is 25.3 Å². The monoisotopic (exact) mass is 185 g/mol. The summed E-state index contributed by atoms with van der Waals surface area (Å²) in [4.78, 5) is 0. The zero-order chi connectivity index (χ0) is 9.52. The van der Waals surface area contributed by atoms with Crippen LogP contribution in [0.5, 0.6) is 0 Å². The largest absolute Gasteiger partial charge is 0.378 e. The molecule has 2 unspecified atom stereocenters. The molecule has 13 heavy (non-hydrogen) atoms. The van der Waals surface area contributed by atoms with Crippen LogP contribution in [0.3, 0.4) is 0 Å². The van der Waals surface area contributed by atoms with Crippen LogP contribution in [0.15, 0.2) is 0 Å². The van der Waals surface area contributed by atoms with Crippen LogP contribution < -0.4 is 5.32 Å². The molecule has 1 heterocycles. The summed E-state index contributed by atoms with van der Waals surface area (Å²) in [5, 5.41) is 3.58. The molecule has 0 saturated carbocycles. The number of nitrogens with one attached hydrogen (secondary N) is 1. The predicted octanol–water partition coefficient (Wildman–Crippen LogP) is 2.33. The van der Waals surface area contributed by atoms with E-state index in [0.717, 1.165) is 13.2 Å². The second kappa shape index (κ2) is 6.39. The molecule has 0 aromatic rings. The third-order valence-corrected chi connectivity index (χ3v) is 2.66. The third-order valence-electron chi connectivity index (χ3n) is 2.66. The van der Waals surface area contributed by atoms with Crippen molar-refractivity contribution in [2.45, 2.75) is 58.1 Å². The summed E-state index contributed by atoms with van der Waals surface area (Å²) < 4.78 is 5.69. The fourth-order valence-electron chi connectivity index (χ4n) is 1.94. The van der Waals surface area contributed by atoms with Gasteiger partial charge in [0.2, 0.25) is 0 Å². The molecule has 78 valence electrons. The molecule has 1 saturated heterocycles. The first kappa shape index (κ1) is 11.0. The molecule has 1 rings (SSSR count). The van der Waals surface area contributed by atoms with Gasteiger partial charge < -0.3 is 10.1 Å². The molecule has 1 N–H and O–H groups in total. The van der Waals surface area contributed by atoms with Gasteiger partial charge in [-0.25, -0.2) is 0 Å². The zero-order valence-corrected chi connectivity index (χ0v) is 9.01. The highest BCUT2D eigenvalue weighted by Crippen LogP contribution is 2.17. The zero-order valence-electron chi connectivity index (χ0n) is 9.01. The van der Waals surface area contributed by atoms with Gasteiger partial charge in [0, 0.05) is 12.6 Å². The number of rotatable bonds is 5. The Morgan fingerprint density at radius 3 is 2.85 bits per heavy atom. The highest BCUT2D eigenvalue weighted by molar-refractivity contribution is 4.76. The minimum atomic E-state index is 0.521. The smallest absolute Gasteiger partial charge is 0.0589 e. The minimum absolute atomic E-state index is 0.521. The quantitative estimate of drug-likeness (QED) is 0.710. The van der Waals surface area contributed by atoms with Gasteiger partial charge in [-0.3, -0.25) is 0 Å². The Labute approximate surface area is 82.0 Å². The van der Waals surface area contributed by atoms with Crippen molar-refractivity contribution < 1.29 is 4.74 Å². The molecule has 0 radical (unpaired) electrons. The molecule has 1 aliphatic heterocycles. The first-order chi connectivity index (χ1) is 6.36. The van der Waals surface area contributed by atoms with E-state index in [0.29, 0.717) is 12.1 Å². The van der Waals surface area contributed by atoms with Gasteiger partial charge in [0.05, 0.1) is 6.10 Å². The topological polar surface area (TPSA) is 21.3 Å². The molecule has 0 aromatic heterocycles. The summed E-state index contributed by atoms with van der Waals surface area (Å²) >= 11 is 0. The molecule has 1 fully saturated rings. The second-order valence-electron chi connectivity index (χ2n) is 3.96. The Morgan fingerprint density at radius 2 is 2.15 bits per heavy atom. The molecule has 2 atom stereocenters. The van der Waals surface area contributed by atoms with Crippen molar-refractivity contribution in [3.05, 3.63) is 0 Å². The van der Waals surface area contributed by atoms with Crippen LogP contribution in [0.2, 0.25) is 0 Å². The summed E-state index contributed by atoms with van der Waals surface area (Å²) in [5.41, 5.74) is 0. The van der Waals surface area contributed by atoms with Crippen molar-refractivity contribution >= 4 is 0 Å². The van der Waals surface area contributed by atoms with Crippen molar-refractivity contribution in [2.24, 2.45) is 0 Å². The van der Waals surface area contributed by atoms with Crippen LogP contribution in [0.25, 0.3) is 0 Å². The molecular formula is C11H23NO. The Bertz CT molecular complexity index is 125. The fraction of sp³-hybridized carbons (Fsp3) is 1.00. The first-order valence-electron chi connectivity index (χ1n) is 5.71. The summed E-state index contributed by atoms with van der Waals surface area (Å²) in [5.74, 6) is 0. The summed E-state index contributed by atoms with van der Waals surface area (Å²) in [6.45, 7) is 6.55. The molecule has 2 heteroatoms. The van der Waals surface area contributed by atoms with E-state index in [1.807, 2.05) is 0 Å². The van der Waals surface area contributed by atoms with Crippen molar-refractivity contribution in [3.63, 3.8) is 0 Å². The van der Waals surface area contributed by atoms with Gasteiger partial charge in [-0.2, -0.15) is 0 Å². The second-order valence-corrected chi connectivity index (χ2v) is 3.96. The number of ether oxygens (including phenoxy) is 1. The number of hydrogen-bond donors (Lipinski definition) is 1. The lowest BCUT2D eigenvalue weighted by Gasteiger charge is -2.30. The van der Waals surface area contributed by atoms with E-state index in [2.05, 4.69) is 19.2 Å². The van der Waals surface area contributed by atoms with Gasteiger partial charge >= 0.3 is 0 Å². The van der Waals surface area contributed by atoms with E-state index in [4.69, 9.17) is 4.74 Å².